The zero-order chi connectivity index (χ0) is 19.8. The van der Waals surface area contributed by atoms with Crippen LogP contribution in [0.2, 0.25) is 0 Å². The summed E-state index contributed by atoms with van der Waals surface area (Å²) >= 11 is 0. The van der Waals surface area contributed by atoms with Crippen LogP contribution in [-0.2, 0) is 14.8 Å². The molecule has 9 heteroatoms. The molecule has 2 amide bonds. The first kappa shape index (κ1) is 19.8. The fourth-order valence-electron chi connectivity index (χ4n) is 3.67. The Labute approximate surface area is 160 Å². The van der Waals surface area contributed by atoms with Crippen molar-refractivity contribution in [3.63, 3.8) is 0 Å². The van der Waals surface area contributed by atoms with Crippen molar-refractivity contribution in [1.29, 1.82) is 0 Å². The Morgan fingerprint density at radius 3 is 2.67 bits per heavy atom. The Morgan fingerprint density at radius 2 is 2.04 bits per heavy atom. The second-order valence-electron chi connectivity index (χ2n) is 7.70. The fraction of sp³-hybridized carbons (Fsp3) is 0.611. The molecule has 0 spiro atoms. The lowest BCUT2D eigenvalue weighted by Gasteiger charge is -2.41. The lowest BCUT2D eigenvalue weighted by atomic mass is 9.95. The molecule has 0 unspecified atom stereocenters. The molecule has 0 radical (unpaired) electrons. The maximum atomic E-state index is 12.9. The quantitative estimate of drug-likeness (QED) is 0.808. The first-order valence-electron chi connectivity index (χ1n) is 9.12. The minimum atomic E-state index is -3.21. The van der Waals surface area contributed by atoms with Gasteiger partial charge < -0.3 is 10.2 Å². The van der Waals surface area contributed by atoms with Crippen molar-refractivity contribution in [2.24, 2.45) is 0 Å². The summed E-state index contributed by atoms with van der Waals surface area (Å²) in [7, 11) is -3.21. The van der Waals surface area contributed by atoms with E-state index < -0.39 is 15.6 Å². The van der Waals surface area contributed by atoms with E-state index >= 15 is 0 Å². The number of carbonyl (C=O) groups is 2. The van der Waals surface area contributed by atoms with Gasteiger partial charge in [0.15, 0.2) is 0 Å². The molecule has 0 saturated carbocycles. The van der Waals surface area contributed by atoms with Gasteiger partial charge >= 0.3 is 0 Å². The lowest BCUT2D eigenvalue weighted by Crippen LogP contribution is -2.63. The largest absolute Gasteiger partial charge is 0.352 e. The molecule has 2 fully saturated rings. The maximum absolute atomic E-state index is 12.9. The Kier molecular flexibility index (Phi) is 5.27. The molecule has 148 valence electrons. The number of piperidine rings is 1. The van der Waals surface area contributed by atoms with Crippen molar-refractivity contribution in [2.45, 2.75) is 38.1 Å². The van der Waals surface area contributed by atoms with E-state index in [0.29, 0.717) is 31.7 Å². The van der Waals surface area contributed by atoms with E-state index in [1.165, 1.54) is 16.8 Å². The van der Waals surface area contributed by atoms with Gasteiger partial charge in [0.05, 0.1) is 11.8 Å². The molecule has 2 saturated heterocycles. The number of pyridine rings is 1. The molecule has 8 nitrogen and oxygen atoms in total. The predicted molar refractivity (Wildman–Crippen MR) is 101 cm³/mol. The van der Waals surface area contributed by atoms with Gasteiger partial charge in [-0.05, 0) is 38.8 Å². The number of nitrogens with one attached hydrogen (secondary N) is 1. The molecule has 0 bridgehead atoms. The van der Waals surface area contributed by atoms with Crippen molar-refractivity contribution in [1.82, 2.24) is 19.5 Å². The summed E-state index contributed by atoms with van der Waals surface area (Å²) in [6.07, 6.45) is 4.41. The van der Waals surface area contributed by atoms with Gasteiger partial charge in [-0.2, -0.15) is 0 Å². The van der Waals surface area contributed by atoms with E-state index in [4.69, 9.17) is 0 Å². The summed E-state index contributed by atoms with van der Waals surface area (Å²) in [5.41, 5.74) is 0.306. The Hall–Kier alpha value is -2.00. The highest BCUT2D eigenvalue weighted by Gasteiger charge is 2.40. The monoisotopic (exact) mass is 394 g/mol. The van der Waals surface area contributed by atoms with Crippen molar-refractivity contribution in [3.8, 4) is 0 Å². The molecule has 1 aromatic rings. The molecule has 3 heterocycles. The molecule has 2 aliphatic heterocycles. The molecule has 0 aliphatic carbocycles. The zero-order valence-corrected chi connectivity index (χ0v) is 16.8. The number of hydrogen-bond acceptors (Lipinski definition) is 5. The Morgan fingerprint density at radius 1 is 1.30 bits per heavy atom. The predicted octanol–water partition coefficient (Wildman–Crippen LogP) is 0.571. The van der Waals surface area contributed by atoms with Crippen LogP contribution in [0, 0.1) is 0 Å². The molecule has 0 aromatic carbocycles. The van der Waals surface area contributed by atoms with Crippen LogP contribution in [0.5, 0.6) is 0 Å². The summed E-state index contributed by atoms with van der Waals surface area (Å²) in [6, 6.07) is 3.51. The van der Waals surface area contributed by atoms with Crippen LogP contribution in [0.4, 0.5) is 0 Å². The molecule has 1 N–H and O–H groups in total. The van der Waals surface area contributed by atoms with E-state index in [-0.39, 0.29) is 17.7 Å². The summed E-state index contributed by atoms with van der Waals surface area (Å²) in [5.74, 6) is -0.375. The van der Waals surface area contributed by atoms with Gasteiger partial charge in [0.25, 0.3) is 5.91 Å². The number of piperazine rings is 1. The highest BCUT2D eigenvalue weighted by atomic mass is 32.2. The van der Waals surface area contributed by atoms with E-state index in [1.807, 2.05) is 0 Å². The van der Waals surface area contributed by atoms with Gasteiger partial charge in [-0.15, -0.1) is 0 Å². The van der Waals surface area contributed by atoms with E-state index in [1.54, 1.807) is 30.9 Å². The fourth-order valence-corrected chi connectivity index (χ4v) is 4.58. The van der Waals surface area contributed by atoms with E-state index in [9.17, 15) is 18.0 Å². The second kappa shape index (κ2) is 7.20. The minimum absolute atomic E-state index is 0.0230. The van der Waals surface area contributed by atoms with E-state index in [2.05, 4.69) is 10.3 Å². The third-order valence-electron chi connectivity index (χ3n) is 5.40. The Balaban J connectivity index is 1.75. The third kappa shape index (κ3) is 3.98. The summed E-state index contributed by atoms with van der Waals surface area (Å²) in [4.78, 5) is 30.9. The van der Waals surface area contributed by atoms with Crippen molar-refractivity contribution >= 4 is 21.8 Å². The highest BCUT2D eigenvalue weighted by molar-refractivity contribution is 7.88. The van der Waals surface area contributed by atoms with Crippen LogP contribution >= 0.6 is 0 Å². The number of hydrogen-bond donors (Lipinski definition) is 1. The van der Waals surface area contributed by atoms with Crippen molar-refractivity contribution in [2.75, 3.05) is 32.4 Å². The molecule has 2 aliphatic rings. The second-order valence-corrected chi connectivity index (χ2v) is 9.69. The van der Waals surface area contributed by atoms with E-state index in [0.717, 1.165) is 18.5 Å². The number of aromatic nitrogens is 1. The van der Waals surface area contributed by atoms with Crippen LogP contribution < -0.4 is 5.32 Å². The van der Waals surface area contributed by atoms with Crippen LogP contribution in [0.25, 0.3) is 0 Å². The first-order valence-corrected chi connectivity index (χ1v) is 11.0. The smallest absolute Gasteiger partial charge is 0.256 e. The average molecular weight is 394 g/mol. The zero-order valence-electron chi connectivity index (χ0n) is 15.9. The van der Waals surface area contributed by atoms with Crippen molar-refractivity contribution in [3.05, 3.63) is 29.6 Å². The molecule has 3 rings (SSSR count). The molecule has 1 atom stereocenters. The van der Waals surface area contributed by atoms with Crippen LogP contribution in [0.1, 0.15) is 48.7 Å². The third-order valence-corrected chi connectivity index (χ3v) is 6.67. The topological polar surface area (TPSA) is 99.7 Å². The van der Waals surface area contributed by atoms with Gasteiger partial charge in [0, 0.05) is 44.0 Å². The van der Waals surface area contributed by atoms with Crippen molar-refractivity contribution < 1.29 is 18.0 Å². The summed E-state index contributed by atoms with van der Waals surface area (Å²) in [5, 5.41) is 2.77. The number of carbonyl (C=O) groups excluding carboxylic acids is 2. The van der Waals surface area contributed by atoms with Gasteiger partial charge in [0.2, 0.25) is 15.9 Å². The Bertz CT molecular complexity index is 835. The maximum Gasteiger partial charge on any atom is 0.256 e. The molecule has 1 aromatic heterocycles. The number of sulfonamides is 1. The SMILES string of the molecule is CC1(C)C(=O)NCCN1C(=O)c1ccc([C@@H]2CCCN(S(C)(=O)=O)C2)nc1. The normalized spacial score (nSPS) is 23.7. The first-order chi connectivity index (χ1) is 12.6. The molecule has 27 heavy (non-hydrogen) atoms. The van der Waals surface area contributed by atoms with Gasteiger partial charge in [0.1, 0.15) is 5.54 Å². The van der Waals surface area contributed by atoms with Gasteiger partial charge in [-0.3, -0.25) is 14.6 Å². The summed E-state index contributed by atoms with van der Waals surface area (Å²) in [6.45, 7) is 5.29. The number of amides is 2. The van der Waals surface area contributed by atoms with Gasteiger partial charge in [-0.1, -0.05) is 0 Å². The molecular formula is C18H26N4O4S. The summed E-state index contributed by atoms with van der Waals surface area (Å²) < 4.78 is 25.1. The average Bonchev–Trinajstić information content (AvgIpc) is 2.63. The molecular weight excluding hydrogens is 368 g/mol. The minimum Gasteiger partial charge on any atom is -0.352 e. The standard InChI is InChI=1S/C18H26N4O4S/c1-18(2)17(24)19-8-10-22(18)16(23)13-6-7-15(20-11-13)14-5-4-9-21(12-14)27(3,25)26/h6-7,11,14H,4-5,8-10,12H2,1-3H3,(H,19,24)/t14-/m1/s1. The van der Waals surface area contributed by atoms with Crippen LogP contribution in [0.3, 0.4) is 0 Å². The lowest BCUT2D eigenvalue weighted by molar-refractivity contribution is -0.133. The number of rotatable bonds is 3. The van der Waals surface area contributed by atoms with Crippen LogP contribution in [0.15, 0.2) is 18.3 Å². The highest BCUT2D eigenvalue weighted by Crippen LogP contribution is 2.27. The number of nitrogens with zero attached hydrogens (tertiary/aromatic N) is 3. The van der Waals surface area contributed by atoms with Crippen LogP contribution in [-0.4, -0.2) is 72.4 Å². The van der Waals surface area contributed by atoms with Gasteiger partial charge in [-0.25, -0.2) is 12.7 Å².